The first kappa shape index (κ1) is 13.5. The van der Waals surface area contributed by atoms with Crippen molar-refractivity contribution in [2.75, 3.05) is 7.11 Å². The van der Waals surface area contributed by atoms with Crippen LogP contribution in [0, 0.1) is 6.92 Å². The molecule has 1 aromatic heterocycles. The fraction of sp³-hybridized carbons (Fsp3) is 0.333. The average Bonchev–Trinajstić information content (AvgIpc) is 2.46. The molecule has 100 valence electrons. The topological polar surface area (TPSA) is 61.0 Å². The van der Waals surface area contributed by atoms with Crippen LogP contribution in [0.3, 0.4) is 0 Å². The second kappa shape index (κ2) is 6.29. The SMILES string of the molecule is COc1ccc(CCC(N)c2ncc(C)cn2)cc1. The first-order chi connectivity index (χ1) is 9.19. The summed E-state index contributed by atoms with van der Waals surface area (Å²) in [4.78, 5) is 8.52. The number of rotatable bonds is 5. The molecule has 19 heavy (non-hydrogen) atoms. The van der Waals surface area contributed by atoms with E-state index in [-0.39, 0.29) is 6.04 Å². The minimum Gasteiger partial charge on any atom is -0.497 e. The lowest BCUT2D eigenvalue weighted by atomic mass is 10.1. The number of hydrogen-bond donors (Lipinski definition) is 1. The lowest BCUT2D eigenvalue weighted by Crippen LogP contribution is -2.14. The van der Waals surface area contributed by atoms with Gasteiger partial charge in [0.05, 0.1) is 13.2 Å². The van der Waals surface area contributed by atoms with Gasteiger partial charge in [0.25, 0.3) is 0 Å². The Labute approximate surface area is 113 Å². The number of aromatic nitrogens is 2. The predicted molar refractivity (Wildman–Crippen MR) is 75.0 cm³/mol. The summed E-state index contributed by atoms with van der Waals surface area (Å²) in [6, 6.07) is 7.91. The van der Waals surface area contributed by atoms with Crippen LogP contribution in [0.1, 0.15) is 29.4 Å². The Balaban J connectivity index is 1.92. The molecule has 0 aliphatic heterocycles. The zero-order chi connectivity index (χ0) is 13.7. The number of ether oxygens (including phenoxy) is 1. The molecule has 0 saturated heterocycles. The molecule has 2 rings (SSSR count). The normalized spacial score (nSPS) is 12.2. The van der Waals surface area contributed by atoms with Crippen LogP contribution in [0.2, 0.25) is 0 Å². The monoisotopic (exact) mass is 257 g/mol. The third-order valence-corrected chi connectivity index (χ3v) is 3.04. The van der Waals surface area contributed by atoms with Crippen molar-refractivity contribution < 1.29 is 4.74 Å². The number of benzene rings is 1. The van der Waals surface area contributed by atoms with Gasteiger partial charge in [0.2, 0.25) is 0 Å². The zero-order valence-electron chi connectivity index (χ0n) is 11.3. The van der Waals surface area contributed by atoms with Crippen molar-refractivity contribution in [1.82, 2.24) is 9.97 Å². The van der Waals surface area contributed by atoms with Crippen LogP contribution in [0.5, 0.6) is 5.75 Å². The molecule has 1 aromatic carbocycles. The van der Waals surface area contributed by atoms with Gasteiger partial charge in [0.15, 0.2) is 0 Å². The van der Waals surface area contributed by atoms with Crippen molar-refractivity contribution in [3.63, 3.8) is 0 Å². The molecule has 2 N–H and O–H groups in total. The fourth-order valence-electron chi connectivity index (χ4n) is 1.84. The molecular formula is C15H19N3O. The number of aryl methyl sites for hydroxylation is 2. The van der Waals surface area contributed by atoms with Gasteiger partial charge in [-0.1, -0.05) is 12.1 Å². The molecule has 0 bridgehead atoms. The van der Waals surface area contributed by atoms with Crippen LogP contribution in [-0.2, 0) is 6.42 Å². The van der Waals surface area contributed by atoms with Crippen LogP contribution in [0.15, 0.2) is 36.7 Å². The Morgan fingerprint density at radius 1 is 1.16 bits per heavy atom. The summed E-state index contributed by atoms with van der Waals surface area (Å²) in [6.07, 6.45) is 5.34. The first-order valence-electron chi connectivity index (χ1n) is 6.36. The van der Waals surface area contributed by atoms with Crippen LogP contribution >= 0.6 is 0 Å². The first-order valence-corrected chi connectivity index (χ1v) is 6.36. The van der Waals surface area contributed by atoms with Crippen molar-refractivity contribution >= 4 is 0 Å². The molecule has 0 radical (unpaired) electrons. The molecule has 2 aromatic rings. The Kier molecular flexibility index (Phi) is 4.47. The van der Waals surface area contributed by atoms with E-state index in [1.54, 1.807) is 19.5 Å². The summed E-state index contributed by atoms with van der Waals surface area (Å²) in [7, 11) is 1.67. The number of nitrogens with zero attached hydrogens (tertiary/aromatic N) is 2. The van der Waals surface area contributed by atoms with E-state index in [0.717, 1.165) is 24.2 Å². The molecule has 1 unspecified atom stereocenters. The van der Waals surface area contributed by atoms with E-state index in [0.29, 0.717) is 5.82 Å². The average molecular weight is 257 g/mol. The van der Waals surface area contributed by atoms with Crippen LogP contribution in [0.4, 0.5) is 0 Å². The minimum absolute atomic E-state index is 0.122. The smallest absolute Gasteiger partial charge is 0.144 e. The molecule has 0 aliphatic rings. The van der Waals surface area contributed by atoms with Gasteiger partial charge in [-0.3, -0.25) is 0 Å². The van der Waals surface area contributed by atoms with Crippen LogP contribution in [-0.4, -0.2) is 17.1 Å². The molecule has 1 heterocycles. The predicted octanol–water partition coefficient (Wildman–Crippen LogP) is 2.43. The summed E-state index contributed by atoms with van der Waals surface area (Å²) in [5, 5.41) is 0. The molecule has 0 fully saturated rings. The van der Waals surface area contributed by atoms with Gasteiger partial charge in [0.1, 0.15) is 11.6 Å². The lowest BCUT2D eigenvalue weighted by molar-refractivity contribution is 0.414. The van der Waals surface area contributed by atoms with Crippen LogP contribution in [0.25, 0.3) is 0 Å². The van der Waals surface area contributed by atoms with Crippen molar-refractivity contribution in [2.45, 2.75) is 25.8 Å². The summed E-state index contributed by atoms with van der Waals surface area (Å²) >= 11 is 0. The summed E-state index contributed by atoms with van der Waals surface area (Å²) in [5.74, 6) is 1.58. The fourth-order valence-corrected chi connectivity index (χ4v) is 1.84. The second-order valence-corrected chi connectivity index (χ2v) is 4.61. The van der Waals surface area contributed by atoms with Gasteiger partial charge >= 0.3 is 0 Å². The maximum atomic E-state index is 6.10. The second-order valence-electron chi connectivity index (χ2n) is 4.61. The molecule has 0 spiro atoms. The molecule has 4 nitrogen and oxygen atoms in total. The van der Waals surface area contributed by atoms with E-state index in [1.165, 1.54) is 5.56 Å². The molecule has 0 saturated carbocycles. The van der Waals surface area contributed by atoms with Gasteiger partial charge < -0.3 is 10.5 Å². The standard InChI is InChI=1S/C15H19N3O/c1-11-9-17-15(18-10-11)14(16)8-5-12-3-6-13(19-2)7-4-12/h3-4,6-7,9-10,14H,5,8,16H2,1-2H3. The van der Waals surface area contributed by atoms with Gasteiger partial charge in [-0.2, -0.15) is 0 Å². The summed E-state index contributed by atoms with van der Waals surface area (Å²) in [5.41, 5.74) is 8.39. The van der Waals surface area contributed by atoms with Crippen molar-refractivity contribution in [3.05, 3.63) is 53.6 Å². The van der Waals surface area contributed by atoms with Crippen molar-refractivity contribution in [3.8, 4) is 5.75 Å². The third kappa shape index (κ3) is 3.76. The quantitative estimate of drug-likeness (QED) is 0.893. The molecule has 4 heteroatoms. The van der Waals surface area contributed by atoms with Gasteiger partial charge in [-0.25, -0.2) is 9.97 Å². The number of hydrogen-bond acceptors (Lipinski definition) is 4. The highest BCUT2D eigenvalue weighted by Gasteiger charge is 2.09. The maximum absolute atomic E-state index is 6.10. The highest BCUT2D eigenvalue weighted by molar-refractivity contribution is 5.27. The maximum Gasteiger partial charge on any atom is 0.144 e. The van der Waals surface area contributed by atoms with Crippen LogP contribution < -0.4 is 10.5 Å². The Bertz CT molecular complexity index is 508. The minimum atomic E-state index is -0.122. The van der Waals surface area contributed by atoms with E-state index in [1.807, 2.05) is 19.1 Å². The van der Waals surface area contributed by atoms with E-state index >= 15 is 0 Å². The van der Waals surface area contributed by atoms with E-state index in [4.69, 9.17) is 10.5 Å². The van der Waals surface area contributed by atoms with Crippen molar-refractivity contribution in [1.29, 1.82) is 0 Å². The molecule has 0 aliphatic carbocycles. The number of methoxy groups -OCH3 is 1. The Hall–Kier alpha value is -1.94. The lowest BCUT2D eigenvalue weighted by Gasteiger charge is -2.10. The van der Waals surface area contributed by atoms with E-state index < -0.39 is 0 Å². The van der Waals surface area contributed by atoms with Gasteiger partial charge in [0, 0.05) is 12.4 Å². The Morgan fingerprint density at radius 3 is 2.37 bits per heavy atom. The van der Waals surface area contributed by atoms with Gasteiger partial charge in [-0.15, -0.1) is 0 Å². The van der Waals surface area contributed by atoms with Crippen molar-refractivity contribution in [2.24, 2.45) is 5.73 Å². The molecular weight excluding hydrogens is 238 g/mol. The molecule has 0 amide bonds. The zero-order valence-corrected chi connectivity index (χ0v) is 11.3. The van der Waals surface area contributed by atoms with Gasteiger partial charge in [-0.05, 0) is 43.0 Å². The molecule has 1 atom stereocenters. The summed E-state index contributed by atoms with van der Waals surface area (Å²) < 4.78 is 5.13. The number of nitrogens with two attached hydrogens (primary N) is 1. The highest BCUT2D eigenvalue weighted by atomic mass is 16.5. The largest absolute Gasteiger partial charge is 0.497 e. The Morgan fingerprint density at radius 2 is 1.79 bits per heavy atom. The van der Waals surface area contributed by atoms with E-state index in [9.17, 15) is 0 Å². The van der Waals surface area contributed by atoms with E-state index in [2.05, 4.69) is 22.1 Å². The summed E-state index contributed by atoms with van der Waals surface area (Å²) in [6.45, 7) is 1.96. The highest BCUT2D eigenvalue weighted by Crippen LogP contribution is 2.16. The third-order valence-electron chi connectivity index (χ3n) is 3.04.